The molecule has 2 N–H and O–H groups in total. The molecule has 0 saturated heterocycles. The average molecular weight is 504 g/mol. The Morgan fingerprint density at radius 2 is 1.84 bits per heavy atom. The van der Waals surface area contributed by atoms with Gasteiger partial charge in [-0.3, -0.25) is 0 Å². The molecule has 136 valence electrons. The first kappa shape index (κ1) is 21.6. The van der Waals surface area contributed by atoms with Crippen LogP contribution in [0.4, 0.5) is 24.5 Å². The summed E-state index contributed by atoms with van der Waals surface area (Å²) >= 11 is 6.70. The van der Waals surface area contributed by atoms with Crippen LogP contribution >= 0.6 is 44.3 Å². The number of hydrogen-bond acceptors (Lipinski definition) is 2. The second kappa shape index (κ2) is 8.77. The number of rotatable bonds is 3. The normalized spacial score (nSPS) is 11.7. The van der Waals surface area contributed by atoms with Crippen LogP contribution in [0.5, 0.6) is 5.75 Å². The van der Waals surface area contributed by atoms with Crippen molar-refractivity contribution >= 4 is 61.6 Å². The van der Waals surface area contributed by atoms with Gasteiger partial charge in [-0.15, -0.1) is 25.6 Å². The van der Waals surface area contributed by atoms with Crippen LogP contribution in [0.1, 0.15) is 0 Å². The van der Waals surface area contributed by atoms with E-state index in [-0.39, 0.29) is 24.1 Å². The first-order valence-electron chi connectivity index (χ1n) is 6.54. The molecule has 0 radical (unpaired) electrons. The van der Waals surface area contributed by atoms with Gasteiger partial charge in [0, 0.05) is 27.7 Å². The molecule has 0 fully saturated rings. The van der Waals surface area contributed by atoms with Gasteiger partial charge in [-0.1, -0.05) is 22.0 Å². The number of aliphatic imine (C=N–C) groups is 1. The van der Waals surface area contributed by atoms with Gasteiger partial charge in [-0.05, 0) is 46.3 Å². The molecule has 0 spiro atoms. The fourth-order valence-electron chi connectivity index (χ4n) is 1.79. The summed E-state index contributed by atoms with van der Waals surface area (Å²) in [5.74, 6) is -0.221. The Labute approximate surface area is 165 Å². The third-order valence-electron chi connectivity index (χ3n) is 2.93. The maximum atomic E-state index is 12.3. The smallest absolute Gasteiger partial charge is 0.406 e. The lowest BCUT2D eigenvalue weighted by molar-refractivity contribution is -0.274. The summed E-state index contributed by atoms with van der Waals surface area (Å²) in [7, 11) is 1.59. The summed E-state index contributed by atoms with van der Waals surface area (Å²) in [6, 6.07) is 10.9. The van der Waals surface area contributed by atoms with Crippen molar-refractivity contribution in [2.24, 2.45) is 10.7 Å². The monoisotopic (exact) mass is 501 g/mol. The second-order valence-electron chi connectivity index (χ2n) is 4.67. The third kappa shape index (κ3) is 6.41. The zero-order chi connectivity index (χ0) is 17.9. The van der Waals surface area contributed by atoms with E-state index >= 15 is 0 Å². The molecule has 2 aromatic carbocycles. The molecular weight excluding hydrogens is 490 g/mol. The molecule has 0 atom stereocenters. The maximum absolute atomic E-state index is 12.3. The Bertz CT molecular complexity index is 772. The van der Waals surface area contributed by atoms with E-state index in [0.717, 1.165) is 8.95 Å². The van der Waals surface area contributed by atoms with Crippen molar-refractivity contribution in [3.63, 3.8) is 0 Å². The first-order chi connectivity index (χ1) is 11.2. The summed E-state index contributed by atoms with van der Waals surface area (Å²) in [6.45, 7) is 0. The van der Waals surface area contributed by atoms with Crippen LogP contribution in [0.3, 0.4) is 0 Å². The number of hydrogen-bond donors (Lipinski definition) is 1. The van der Waals surface area contributed by atoms with Crippen molar-refractivity contribution in [2.45, 2.75) is 6.36 Å². The van der Waals surface area contributed by atoms with E-state index in [9.17, 15) is 13.2 Å². The Kier molecular flexibility index (Phi) is 7.58. The Morgan fingerprint density at radius 3 is 2.48 bits per heavy atom. The van der Waals surface area contributed by atoms with Gasteiger partial charge in [0.1, 0.15) is 5.75 Å². The van der Waals surface area contributed by atoms with Crippen LogP contribution in [-0.4, -0.2) is 19.4 Å². The maximum Gasteiger partial charge on any atom is 0.573 e. The molecule has 0 unspecified atom stereocenters. The fourth-order valence-corrected chi connectivity index (χ4v) is 2.48. The minimum Gasteiger partial charge on any atom is -0.406 e. The van der Waals surface area contributed by atoms with Crippen LogP contribution < -0.4 is 15.4 Å². The summed E-state index contributed by atoms with van der Waals surface area (Å²) in [5.41, 5.74) is 6.94. The van der Waals surface area contributed by atoms with Crippen molar-refractivity contribution in [1.82, 2.24) is 0 Å². The standard InChI is InChI=1S/C15H12Br2F3N3O.ClH/c1-23(10-3-2-4-11(8-10)24-15(18,19)20)14(21)22-13-7-9(16)5-6-12(13)17;/h2-8H,1H3,(H2,21,22);1H. The van der Waals surface area contributed by atoms with Gasteiger partial charge in [-0.2, -0.15) is 0 Å². The lowest BCUT2D eigenvalue weighted by Crippen LogP contribution is -2.33. The summed E-state index contributed by atoms with van der Waals surface area (Å²) < 4.78 is 42.4. The molecule has 4 nitrogen and oxygen atoms in total. The minimum absolute atomic E-state index is 0. The zero-order valence-electron chi connectivity index (χ0n) is 12.7. The first-order valence-corrected chi connectivity index (χ1v) is 8.13. The lowest BCUT2D eigenvalue weighted by Gasteiger charge is -2.19. The summed E-state index contributed by atoms with van der Waals surface area (Å²) in [4.78, 5) is 5.74. The molecule has 0 heterocycles. The number of ether oxygens (including phenoxy) is 1. The fraction of sp³-hybridized carbons (Fsp3) is 0.133. The Hall–Kier alpha value is -1.45. The van der Waals surface area contributed by atoms with Crippen molar-refractivity contribution in [3.8, 4) is 5.75 Å². The highest BCUT2D eigenvalue weighted by atomic mass is 79.9. The molecule has 10 heteroatoms. The lowest BCUT2D eigenvalue weighted by atomic mass is 10.3. The van der Waals surface area contributed by atoms with Gasteiger partial charge >= 0.3 is 6.36 Å². The molecule has 0 amide bonds. The molecule has 25 heavy (non-hydrogen) atoms. The number of benzene rings is 2. The molecule has 0 saturated carbocycles. The van der Waals surface area contributed by atoms with Crippen molar-refractivity contribution in [1.29, 1.82) is 0 Å². The van der Waals surface area contributed by atoms with Crippen LogP contribution in [0.15, 0.2) is 56.4 Å². The summed E-state index contributed by atoms with van der Waals surface area (Å²) in [5, 5.41) is 0. The van der Waals surface area contributed by atoms with Gasteiger partial charge in [0.05, 0.1) is 5.69 Å². The second-order valence-corrected chi connectivity index (χ2v) is 6.44. The molecular formula is C15H13Br2ClF3N3O. The largest absolute Gasteiger partial charge is 0.573 e. The van der Waals surface area contributed by atoms with Gasteiger partial charge in [0.2, 0.25) is 5.96 Å². The molecule has 0 aliphatic carbocycles. The van der Waals surface area contributed by atoms with Gasteiger partial charge in [0.15, 0.2) is 0 Å². The number of anilines is 1. The molecule has 2 rings (SSSR count). The van der Waals surface area contributed by atoms with E-state index in [1.807, 2.05) is 6.07 Å². The number of halogens is 6. The molecule has 0 aliphatic rings. The molecule has 0 aromatic heterocycles. The topological polar surface area (TPSA) is 50.8 Å². The highest BCUT2D eigenvalue weighted by Crippen LogP contribution is 2.30. The van der Waals surface area contributed by atoms with Crippen LogP contribution in [0, 0.1) is 0 Å². The highest BCUT2D eigenvalue weighted by Gasteiger charge is 2.31. The predicted octanol–water partition coefficient (Wildman–Crippen LogP) is 5.61. The van der Waals surface area contributed by atoms with E-state index in [1.165, 1.54) is 23.1 Å². The molecule has 0 bridgehead atoms. The number of nitrogens with two attached hydrogens (primary N) is 1. The van der Waals surface area contributed by atoms with Gasteiger partial charge in [0.25, 0.3) is 0 Å². The highest BCUT2D eigenvalue weighted by molar-refractivity contribution is 9.11. The van der Waals surface area contributed by atoms with Crippen molar-refractivity contribution in [2.75, 3.05) is 11.9 Å². The quantitative estimate of drug-likeness (QED) is 0.437. The van der Waals surface area contributed by atoms with Crippen LogP contribution in [0.2, 0.25) is 0 Å². The minimum atomic E-state index is -4.75. The van der Waals surface area contributed by atoms with E-state index < -0.39 is 6.36 Å². The third-order valence-corrected chi connectivity index (χ3v) is 4.09. The van der Waals surface area contributed by atoms with E-state index in [2.05, 4.69) is 41.6 Å². The van der Waals surface area contributed by atoms with E-state index in [0.29, 0.717) is 11.4 Å². The van der Waals surface area contributed by atoms with Crippen molar-refractivity contribution < 1.29 is 17.9 Å². The van der Waals surface area contributed by atoms with Gasteiger partial charge in [-0.25, -0.2) is 4.99 Å². The average Bonchev–Trinajstić information content (AvgIpc) is 2.48. The summed E-state index contributed by atoms with van der Waals surface area (Å²) in [6.07, 6.45) is -4.75. The molecule has 0 aliphatic heterocycles. The number of nitrogens with zero attached hydrogens (tertiary/aromatic N) is 2. The zero-order valence-corrected chi connectivity index (χ0v) is 16.7. The number of guanidine groups is 1. The predicted molar refractivity (Wildman–Crippen MR) is 102 cm³/mol. The number of alkyl halides is 3. The van der Waals surface area contributed by atoms with E-state index in [1.54, 1.807) is 25.2 Å². The Morgan fingerprint density at radius 1 is 1.16 bits per heavy atom. The SMILES string of the molecule is CN(C(N)=Nc1cc(Br)ccc1Br)c1cccc(OC(F)(F)F)c1.Cl. The Balaban J connectivity index is 0.00000312. The van der Waals surface area contributed by atoms with E-state index in [4.69, 9.17) is 5.73 Å². The van der Waals surface area contributed by atoms with Crippen LogP contribution in [0.25, 0.3) is 0 Å². The molecule has 2 aromatic rings. The van der Waals surface area contributed by atoms with Gasteiger partial charge < -0.3 is 15.4 Å². The van der Waals surface area contributed by atoms with Crippen molar-refractivity contribution in [3.05, 3.63) is 51.4 Å². The van der Waals surface area contributed by atoms with Crippen LogP contribution in [-0.2, 0) is 0 Å².